The molecule has 0 aliphatic carbocycles. The SMILES string of the molecule is CCOCCOCCOCCOCC.CCSC. The van der Waals surface area contributed by atoms with Gasteiger partial charge in [-0.1, -0.05) is 6.92 Å². The van der Waals surface area contributed by atoms with Crippen molar-refractivity contribution >= 4 is 11.8 Å². The number of rotatable bonds is 12. The summed E-state index contributed by atoms with van der Waals surface area (Å²) in [6.45, 7) is 11.4. The molecule has 4 nitrogen and oxygen atoms in total. The van der Waals surface area contributed by atoms with E-state index in [4.69, 9.17) is 18.9 Å². The van der Waals surface area contributed by atoms with Crippen molar-refractivity contribution in [1.29, 1.82) is 0 Å². The molecule has 0 saturated carbocycles. The van der Waals surface area contributed by atoms with Crippen LogP contribution in [0.5, 0.6) is 0 Å². The molecule has 0 heterocycles. The molecule has 0 spiro atoms. The first-order valence-corrected chi connectivity index (χ1v) is 8.02. The van der Waals surface area contributed by atoms with Crippen LogP contribution in [-0.2, 0) is 18.9 Å². The third-order valence-corrected chi connectivity index (χ3v) is 2.39. The van der Waals surface area contributed by atoms with Gasteiger partial charge in [-0.05, 0) is 25.9 Å². The maximum atomic E-state index is 5.25. The Kier molecular flexibility index (Phi) is 25.5. The fourth-order valence-corrected chi connectivity index (χ4v) is 0.846. The molecule has 0 saturated heterocycles. The highest BCUT2D eigenvalue weighted by Crippen LogP contribution is 1.84. The number of hydrogen-bond acceptors (Lipinski definition) is 5. The standard InChI is InChI=1S/C10H22O4.C3H8S/c1-3-11-5-7-13-9-10-14-8-6-12-4-2;1-3-4-2/h3-10H2,1-2H3;3H2,1-2H3. The summed E-state index contributed by atoms with van der Waals surface area (Å²) in [5.41, 5.74) is 0. The van der Waals surface area contributed by atoms with Crippen molar-refractivity contribution in [2.75, 3.05) is 64.9 Å². The lowest BCUT2D eigenvalue weighted by molar-refractivity contribution is 0.000930. The molecule has 0 unspecified atom stereocenters. The van der Waals surface area contributed by atoms with Crippen LogP contribution in [0.25, 0.3) is 0 Å². The first kappa shape index (κ1) is 20.5. The van der Waals surface area contributed by atoms with Crippen molar-refractivity contribution < 1.29 is 18.9 Å². The summed E-state index contributed by atoms with van der Waals surface area (Å²) in [4.78, 5) is 0. The van der Waals surface area contributed by atoms with Crippen LogP contribution in [0.3, 0.4) is 0 Å². The fourth-order valence-electron chi connectivity index (χ4n) is 0.846. The molecule has 0 rings (SSSR count). The van der Waals surface area contributed by atoms with Gasteiger partial charge in [0.05, 0.1) is 39.6 Å². The quantitative estimate of drug-likeness (QED) is 0.514. The second-order valence-corrected chi connectivity index (χ2v) is 4.35. The Balaban J connectivity index is 0. The molecule has 0 aliphatic heterocycles. The molecule has 0 atom stereocenters. The van der Waals surface area contributed by atoms with E-state index >= 15 is 0 Å². The van der Waals surface area contributed by atoms with E-state index in [1.165, 1.54) is 5.75 Å². The third-order valence-electron chi connectivity index (χ3n) is 1.81. The number of thioether (sulfide) groups is 1. The summed E-state index contributed by atoms with van der Waals surface area (Å²) in [5.74, 6) is 1.24. The van der Waals surface area contributed by atoms with E-state index in [2.05, 4.69) is 13.2 Å². The smallest absolute Gasteiger partial charge is 0.0701 e. The third kappa shape index (κ3) is 25.1. The van der Waals surface area contributed by atoms with Crippen molar-refractivity contribution in [1.82, 2.24) is 0 Å². The first-order chi connectivity index (χ1) is 8.83. The lowest BCUT2D eigenvalue weighted by Crippen LogP contribution is -2.11. The van der Waals surface area contributed by atoms with E-state index in [-0.39, 0.29) is 0 Å². The van der Waals surface area contributed by atoms with E-state index in [0.717, 1.165) is 13.2 Å². The Morgan fingerprint density at radius 2 is 0.889 bits per heavy atom. The minimum atomic E-state index is 0.624. The van der Waals surface area contributed by atoms with Gasteiger partial charge in [0.1, 0.15) is 0 Å². The Morgan fingerprint density at radius 1 is 0.611 bits per heavy atom. The molecule has 112 valence electrons. The van der Waals surface area contributed by atoms with E-state index in [1.807, 2.05) is 25.6 Å². The van der Waals surface area contributed by atoms with Gasteiger partial charge in [0.15, 0.2) is 0 Å². The topological polar surface area (TPSA) is 36.9 Å². The summed E-state index contributed by atoms with van der Waals surface area (Å²) in [6.07, 6.45) is 2.10. The van der Waals surface area contributed by atoms with Crippen LogP contribution < -0.4 is 0 Å². The molecule has 5 heteroatoms. The molecule has 0 bridgehead atoms. The van der Waals surface area contributed by atoms with Gasteiger partial charge in [-0.2, -0.15) is 11.8 Å². The van der Waals surface area contributed by atoms with Gasteiger partial charge in [0.2, 0.25) is 0 Å². The Labute approximate surface area is 117 Å². The summed E-state index contributed by atoms with van der Waals surface area (Å²) in [7, 11) is 0. The van der Waals surface area contributed by atoms with Crippen molar-refractivity contribution in [3.63, 3.8) is 0 Å². The summed E-state index contributed by atoms with van der Waals surface area (Å²) in [6, 6.07) is 0. The highest BCUT2D eigenvalue weighted by atomic mass is 32.2. The van der Waals surface area contributed by atoms with Crippen LogP contribution in [0, 0.1) is 0 Å². The van der Waals surface area contributed by atoms with E-state index in [0.29, 0.717) is 39.6 Å². The first-order valence-electron chi connectivity index (χ1n) is 6.63. The van der Waals surface area contributed by atoms with E-state index in [1.54, 1.807) is 0 Å². The lowest BCUT2D eigenvalue weighted by atomic mass is 10.7. The van der Waals surface area contributed by atoms with Gasteiger partial charge in [-0.3, -0.25) is 0 Å². The minimum Gasteiger partial charge on any atom is -0.379 e. The predicted molar refractivity (Wildman–Crippen MR) is 78.7 cm³/mol. The van der Waals surface area contributed by atoms with Gasteiger partial charge >= 0.3 is 0 Å². The van der Waals surface area contributed by atoms with Crippen LogP contribution >= 0.6 is 11.8 Å². The zero-order valence-corrected chi connectivity index (χ0v) is 13.2. The molecule has 0 aromatic rings. The van der Waals surface area contributed by atoms with Crippen LogP contribution in [-0.4, -0.2) is 64.9 Å². The van der Waals surface area contributed by atoms with E-state index < -0.39 is 0 Å². The van der Waals surface area contributed by atoms with E-state index in [9.17, 15) is 0 Å². The number of hydrogen-bond donors (Lipinski definition) is 0. The van der Waals surface area contributed by atoms with Crippen LogP contribution in [0.4, 0.5) is 0 Å². The van der Waals surface area contributed by atoms with Crippen LogP contribution in [0.15, 0.2) is 0 Å². The Hall–Kier alpha value is 0.190. The predicted octanol–water partition coefficient (Wildman–Crippen LogP) is 2.46. The normalized spacial score (nSPS) is 10.0. The Morgan fingerprint density at radius 3 is 1.11 bits per heavy atom. The highest BCUT2D eigenvalue weighted by molar-refractivity contribution is 7.98. The van der Waals surface area contributed by atoms with Crippen molar-refractivity contribution in [2.45, 2.75) is 20.8 Å². The monoisotopic (exact) mass is 282 g/mol. The molecule has 18 heavy (non-hydrogen) atoms. The Bertz CT molecular complexity index is 112. The molecule has 0 aromatic heterocycles. The maximum absolute atomic E-state index is 5.25. The maximum Gasteiger partial charge on any atom is 0.0701 e. The molecular weight excluding hydrogens is 252 g/mol. The summed E-state index contributed by atoms with van der Waals surface area (Å²) < 4.78 is 20.7. The van der Waals surface area contributed by atoms with Crippen molar-refractivity contribution in [3.8, 4) is 0 Å². The highest BCUT2D eigenvalue weighted by Gasteiger charge is 1.90. The molecule has 0 amide bonds. The van der Waals surface area contributed by atoms with Crippen LogP contribution in [0.1, 0.15) is 20.8 Å². The molecule has 0 radical (unpaired) electrons. The second-order valence-electron chi connectivity index (χ2n) is 3.20. The zero-order valence-electron chi connectivity index (χ0n) is 12.4. The molecule has 0 N–H and O–H groups in total. The molecule has 0 aliphatic rings. The molecule has 0 aromatic carbocycles. The van der Waals surface area contributed by atoms with Gasteiger partial charge in [-0.15, -0.1) is 0 Å². The zero-order chi connectivity index (χ0) is 13.9. The fraction of sp³-hybridized carbons (Fsp3) is 1.00. The number of ether oxygens (including phenoxy) is 4. The average molecular weight is 282 g/mol. The van der Waals surface area contributed by atoms with Gasteiger partial charge in [0, 0.05) is 13.2 Å². The van der Waals surface area contributed by atoms with Crippen molar-refractivity contribution in [3.05, 3.63) is 0 Å². The summed E-state index contributed by atoms with van der Waals surface area (Å²) in [5, 5.41) is 0. The van der Waals surface area contributed by atoms with Crippen molar-refractivity contribution in [2.24, 2.45) is 0 Å². The molecule has 0 fully saturated rings. The van der Waals surface area contributed by atoms with Gasteiger partial charge < -0.3 is 18.9 Å². The minimum absolute atomic E-state index is 0.624. The average Bonchev–Trinajstić information content (AvgIpc) is 2.41. The van der Waals surface area contributed by atoms with Crippen LogP contribution in [0.2, 0.25) is 0 Å². The lowest BCUT2D eigenvalue weighted by Gasteiger charge is -2.05. The second kappa shape index (κ2) is 22.4. The summed E-state index contributed by atoms with van der Waals surface area (Å²) >= 11 is 1.86. The molecular formula is C13H30O4S. The largest absolute Gasteiger partial charge is 0.379 e. The van der Waals surface area contributed by atoms with Gasteiger partial charge in [0.25, 0.3) is 0 Å². The van der Waals surface area contributed by atoms with Gasteiger partial charge in [-0.25, -0.2) is 0 Å².